The second-order valence-corrected chi connectivity index (χ2v) is 14.2. The third kappa shape index (κ3) is 5.63. The average molecular weight is 354 g/mol. The molecule has 0 atom stereocenters. The zero-order valence-electron chi connectivity index (χ0n) is 15.9. The summed E-state index contributed by atoms with van der Waals surface area (Å²) in [6.07, 6.45) is 2.31. The molecule has 1 aromatic rings. The van der Waals surface area contributed by atoms with E-state index in [1.165, 1.54) is 0 Å². The van der Waals surface area contributed by atoms with E-state index in [9.17, 15) is 4.79 Å². The lowest BCUT2D eigenvalue weighted by molar-refractivity contribution is 0.0208. The Morgan fingerprint density at radius 3 is 2.67 bits per heavy atom. The highest BCUT2D eigenvalue weighted by molar-refractivity contribution is 6.76. The van der Waals surface area contributed by atoms with Crippen molar-refractivity contribution in [2.24, 2.45) is 0 Å². The van der Waals surface area contributed by atoms with Crippen LogP contribution in [0, 0.1) is 0 Å². The van der Waals surface area contributed by atoms with E-state index >= 15 is 0 Å². The molecule has 0 saturated carbocycles. The minimum Gasteiger partial charge on any atom is -0.444 e. The first-order valence-electron chi connectivity index (χ1n) is 8.64. The molecule has 0 bridgehead atoms. The second kappa shape index (κ2) is 7.27. The van der Waals surface area contributed by atoms with Gasteiger partial charge in [-0.05, 0) is 26.8 Å². The minimum atomic E-state index is -1.08. The van der Waals surface area contributed by atoms with Crippen molar-refractivity contribution in [3.05, 3.63) is 17.7 Å². The maximum atomic E-state index is 12.3. The highest BCUT2D eigenvalue weighted by Gasteiger charge is 2.28. The molecule has 136 valence electrons. The molecule has 0 N–H and O–H groups in total. The van der Waals surface area contributed by atoms with Gasteiger partial charge in [0.05, 0.1) is 24.3 Å². The number of carbonyl (C=O) groups is 1. The molecule has 1 aliphatic rings. The van der Waals surface area contributed by atoms with Gasteiger partial charge in [-0.15, -0.1) is 0 Å². The minimum absolute atomic E-state index is 0.263. The van der Waals surface area contributed by atoms with Gasteiger partial charge in [0, 0.05) is 27.6 Å². The van der Waals surface area contributed by atoms with Gasteiger partial charge >= 0.3 is 6.09 Å². The van der Waals surface area contributed by atoms with Crippen LogP contribution in [0.25, 0.3) is 0 Å². The zero-order chi connectivity index (χ0) is 18.0. The van der Waals surface area contributed by atoms with Crippen LogP contribution in [-0.2, 0) is 29.2 Å². The lowest BCUT2D eigenvalue weighted by atomic mass is 10.1. The summed E-state index contributed by atoms with van der Waals surface area (Å²) in [7, 11) is -1.08. The molecule has 2 heterocycles. The van der Waals surface area contributed by atoms with E-state index in [1.807, 2.05) is 31.7 Å². The molecule has 0 spiro atoms. The fourth-order valence-electron chi connectivity index (χ4n) is 2.48. The summed E-state index contributed by atoms with van der Waals surface area (Å²) in [4.78, 5) is 18.5. The molecule has 7 heteroatoms. The lowest BCUT2D eigenvalue weighted by Crippen LogP contribution is -2.40. The van der Waals surface area contributed by atoms with Crippen LogP contribution in [0.2, 0.25) is 25.7 Å². The van der Waals surface area contributed by atoms with Crippen LogP contribution in [0.3, 0.4) is 0 Å². The van der Waals surface area contributed by atoms with Crippen molar-refractivity contribution in [1.82, 2.24) is 14.5 Å². The van der Waals surface area contributed by atoms with Gasteiger partial charge in [-0.1, -0.05) is 19.6 Å². The number of nitrogens with zero attached hydrogens (tertiary/aromatic N) is 3. The quantitative estimate of drug-likeness (QED) is 0.600. The van der Waals surface area contributed by atoms with E-state index in [2.05, 4.69) is 24.6 Å². The van der Waals surface area contributed by atoms with Crippen molar-refractivity contribution in [3.8, 4) is 0 Å². The van der Waals surface area contributed by atoms with Gasteiger partial charge in [0.2, 0.25) is 0 Å². The maximum absolute atomic E-state index is 12.3. The van der Waals surface area contributed by atoms with Crippen LogP contribution >= 0.6 is 0 Å². The molecule has 1 aromatic heterocycles. The first-order valence-corrected chi connectivity index (χ1v) is 12.3. The van der Waals surface area contributed by atoms with Crippen molar-refractivity contribution in [3.63, 3.8) is 0 Å². The van der Waals surface area contributed by atoms with E-state index in [4.69, 9.17) is 9.47 Å². The highest BCUT2D eigenvalue weighted by Crippen LogP contribution is 2.20. The van der Waals surface area contributed by atoms with E-state index in [-0.39, 0.29) is 6.09 Å². The largest absolute Gasteiger partial charge is 0.444 e. The predicted octanol–water partition coefficient (Wildman–Crippen LogP) is 3.49. The summed E-state index contributed by atoms with van der Waals surface area (Å²) in [5.41, 5.74) is 1.64. The Bertz CT molecular complexity index is 573. The molecule has 1 amide bonds. The molecular weight excluding hydrogens is 322 g/mol. The Morgan fingerprint density at radius 1 is 1.33 bits per heavy atom. The second-order valence-electron chi connectivity index (χ2n) is 8.61. The fourth-order valence-corrected chi connectivity index (χ4v) is 3.23. The first kappa shape index (κ1) is 19.0. The number of hydrogen-bond acceptors (Lipinski definition) is 4. The Kier molecular flexibility index (Phi) is 5.75. The van der Waals surface area contributed by atoms with Crippen LogP contribution in [0.1, 0.15) is 32.2 Å². The predicted molar refractivity (Wildman–Crippen MR) is 96.7 cm³/mol. The number of aromatic nitrogens is 2. The summed E-state index contributed by atoms with van der Waals surface area (Å²) in [5.74, 6) is 0. The maximum Gasteiger partial charge on any atom is 0.410 e. The summed E-state index contributed by atoms with van der Waals surface area (Å²) in [6.45, 7) is 15.1. The number of carbonyl (C=O) groups excluding carboxylic acids is 1. The van der Waals surface area contributed by atoms with Gasteiger partial charge in [-0.3, -0.25) is 0 Å². The number of ether oxygens (including phenoxy) is 2. The summed E-state index contributed by atoms with van der Waals surface area (Å²) < 4.78 is 13.3. The van der Waals surface area contributed by atoms with Crippen LogP contribution in [0.4, 0.5) is 4.79 Å². The fraction of sp³-hybridized carbons (Fsp3) is 0.765. The number of imidazole rings is 1. The summed E-state index contributed by atoms with van der Waals surface area (Å²) in [5, 5.41) is 0. The van der Waals surface area contributed by atoms with Crippen LogP contribution in [0.15, 0.2) is 6.33 Å². The van der Waals surface area contributed by atoms with E-state index < -0.39 is 13.7 Å². The first-order chi connectivity index (χ1) is 11.1. The van der Waals surface area contributed by atoms with Crippen molar-refractivity contribution < 1.29 is 14.3 Å². The standard InChI is InChI=1S/C17H31N3O3Si/c1-17(2,3)23-16(21)19-8-7-14-15(11-19)20(12-18-14)13-22-9-10-24(4,5)6/h12H,7-11,13H2,1-6H3. The molecule has 1 aliphatic heterocycles. The Balaban J connectivity index is 1.93. The smallest absolute Gasteiger partial charge is 0.410 e. The molecule has 0 saturated heterocycles. The van der Waals surface area contributed by atoms with Gasteiger partial charge in [-0.2, -0.15) is 0 Å². The zero-order valence-corrected chi connectivity index (χ0v) is 16.9. The Hall–Kier alpha value is -1.34. The molecule has 24 heavy (non-hydrogen) atoms. The third-order valence-corrected chi connectivity index (χ3v) is 5.57. The molecule has 0 aliphatic carbocycles. The molecular formula is C17H31N3O3Si. The van der Waals surface area contributed by atoms with Gasteiger partial charge in [-0.25, -0.2) is 9.78 Å². The normalized spacial score (nSPS) is 15.3. The van der Waals surface area contributed by atoms with E-state index in [0.29, 0.717) is 19.8 Å². The highest BCUT2D eigenvalue weighted by atomic mass is 28.3. The number of hydrogen-bond donors (Lipinski definition) is 0. The van der Waals surface area contributed by atoms with Crippen LogP contribution in [0.5, 0.6) is 0 Å². The van der Waals surface area contributed by atoms with E-state index in [1.54, 1.807) is 4.90 Å². The topological polar surface area (TPSA) is 56.6 Å². The van der Waals surface area contributed by atoms with Crippen molar-refractivity contribution in [2.45, 2.75) is 71.8 Å². The van der Waals surface area contributed by atoms with Gasteiger partial charge in [0.1, 0.15) is 12.3 Å². The molecule has 0 aromatic carbocycles. The molecule has 0 unspecified atom stereocenters. The summed E-state index contributed by atoms with van der Waals surface area (Å²) in [6, 6.07) is 1.15. The average Bonchev–Trinajstić information content (AvgIpc) is 2.83. The Labute approximate surface area is 146 Å². The summed E-state index contributed by atoms with van der Waals surface area (Å²) >= 11 is 0. The Morgan fingerprint density at radius 2 is 2.04 bits per heavy atom. The van der Waals surface area contributed by atoms with Crippen LogP contribution < -0.4 is 0 Å². The monoisotopic (exact) mass is 353 g/mol. The number of rotatable bonds is 5. The SMILES string of the molecule is CC(C)(C)OC(=O)N1CCc2ncn(COCC[Si](C)(C)C)c2C1. The molecule has 2 rings (SSSR count). The van der Waals surface area contributed by atoms with Crippen LogP contribution in [-0.4, -0.2) is 47.4 Å². The van der Waals surface area contributed by atoms with Gasteiger partial charge < -0.3 is 18.9 Å². The number of amides is 1. The van der Waals surface area contributed by atoms with Crippen molar-refractivity contribution >= 4 is 14.2 Å². The molecule has 0 fully saturated rings. The molecule has 0 radical (unpaired) electrons. The van der Waals surface area contributed by atoms with Crippen molar-refractivity contribution in [2.75, 3.05) is 13.2 Å². The number of fused-ring (bicyclic) bond motifs is 1. The van der Waals surface area contributed by atoms with Gasteiger partial charge in [0.15, 0.2) is 0 Å². The van der Waals surface area contributed by atoms with E-state index in [0.717, 1.165) is 30.5 Å². The molecule has 6 nitrogen and oxygen atoms in total. The van der Waals surface area contributed by atoms with Gasteiger partial charge in [0.25, 0.3) is 0 Å². The lowest BCUT2D eigenvalue weighted by Gasteiger charge is -2.30. The third-order valence-electron chi connectivity index (χ3n) is 3.87. The van der Waals surface area contributed by atoms with Crippen molar-refractivity contribution in [1.29, 1.82) is 0 Å².